The first-order valence-corrected chi connectivity index (χ1v) is 7.43. The minimum Gasteiger partial charge on any atom is -0.487 e. The summed E-state index contributed by atoms with van der Waals surface area (Å²) in [5.41, 5.74) is 1.61. The van der Waals surface area contributed by atoms with Crippen molar-refractivity contribution >= 4 is 24.0 Å². The number of pyridine rings is 1. The SMILES string of the molecule is CC(Oc1cnc(Cl)c(-c2cncnc2)c1)[C@H]1CCCN1.Cl. The zero-order valence-electron chi connectivity index (χ0n) is 12.2. The second-order valence-corrected chi connectivity index (χ2v) is 5.52. The lowest BCUT2D eigenvalue weighted by Gasteiger charge is -2.21. The average Bonchev–Trinajstić information content (AvgIpc) is 3.04. The van der Waals surface area contributed by atoms with E-state index in [0.29, 0.717) is 16.9 Å². The number of nitrogens with one attached hydrogen (secondary N) is 1. The van der Waals surface area contributed by atoms with Crippen LogP contribution in [-0.4, -0.2) is 33.6 Å². The van der Waals surface area contributed by atoms with E-state index in [0.717, 1.165) is 24.1 Å². The van der Waals surface area contributed by atoms with Crippen LogP contribution in [0.2, 0.25) is 5.15 Å². The minimum atomic E-state index is 0. The van der Waals surface area contributed by atoms with Crippen molar-refractivity contribution in [2.75, 3.05) is 6.54 Å². The van der Waals surface area contributed by atoms with Gasteiger partial charge in [-0.2, -0.15) is 0 Å². The standard InChI is InChI=1S/C15H17ClN4O.ClH/c1-10(14-3-2-4-19-14)21-12-5-13(15(16)20-8-12)11-6-17-9-18-7-11;/h5-10,14,19H,2-4H2,1H3;1H/t10?,14-;/m1./s1. The molecule has 118 valence electrons. The Bertz CT molecular complexity index is 606. The van der Waals surface area contributed by atoms with Gasteiger partial charge in [-0.3, -0.25) is 0 Å². The number of aromatic nitrogens is 3. The molecule has 2 aromatic rings. The summed E-state index contributed by atoms with van der Waals surface area (Å²) in [5, 5.41) is 3.86. The third-order valence-electron chi connectivity index (χ3n) is 3.67. The molecule has 2 atom stereocenters. The highest BCUT2D eigenvalue weighted by atomic mass is 35.5. The molecule has 1 N–H and O–H groups in total. The molecule has 2 aromatic heterocycles. The molecular formula is C15H18Cl2N4O. The van der Waals surface area contributed by atoms with Crippen LogP contribution in [0.5, 0.6) is 5.75 Å². The van der Waals surface area contributed by atoms with Gasteiger partial charge in [-0.1, -0.05) is 11.6 Å². The Labute approximate surface area is 140 Å². The number of hydrogen-bond donors (Lipinski definition) is 1. The zero-order chi connectivity index (χ0) is 14.7. The van der Waals surface area contributed by atoms with Gasteiger partial charge in [-0.05, 0) is 32.4 Å². The van der Waals surface area contributed by atoms with Crippen molar-refractivity contribution in [3.05, 3.63) is 36.1 Å². The molecule has 0 amide bonds. The van der Waals surface area contributed by atoms with E-state index in [9.17, 15) is 0 Å². The van der Waals surface area contributed by atoms with E-state index in [-0.39, 0.29) is 18.5 Å². The summed E-state index contributed by atoms with van der Waals surface area (Å²) in [6.45, 7) is 3.13. The maximum atomic E-state index is 6.16. The maximum absolute atomic E-state index is 6.16. The quantitative estimate of drug-likeness (QED) is 0.866. The first kappa shape index (κ1) is 16.9. The third-order valence-corrected chi connectivity index (χ3v) is 3.97. The Kier molecular flexibility index (Phi) is 5.94. The molecule has 1 fully saturated rings. The number of halogens is 2. The van der Waals surface area contributed by atoms with E-state index >= 15 is 0 Å². The summed E-state index contributed by atoms with van der Waals surface area (Å²) in [5.74, 6) is 0.708. The molecule has 5 nitrogen and oxygen atoms in total. The van der Waals surface area contributed by atoms with Crippen LogP contribution in [0.3, 0.4) is 0 Å². The van der Waals surface area contributed by atoms with Gasteiger partial charge >= 0.3 is 0 Å². The molecule has 1 aliphatic heterocycles. The molecule has 0 saturated carbocycles. The summed E-state index contributed by atoms with van der Waals surface area (Å²) in [6, 6.07) is 2.28. The molecule has 3 rings (SSSR count). The molecule has 0 bridgehead atoms. The van der Waals surface area contributed by atoms with Crippen molar-refractivity contribution in [2.24, 2.45) is 0 Å². The number of hydrogen-bond acceptors (Lipinski definition) is 5. The predicted molar refractivity (Wildman–Crippen MR) is 88.6 cm³/mol. The van der Waals surface area contributed by atoms with Gasteiger partial charge in [0.05, 0.1) is 6.20 Å². The molecule has 3 heterocycles. The second-order valence-electron chi connectivity index (χ2n) is 5.16. The summed E-state index contributed by atoms with van der Waals surface area (Å²) < 4.78 is 5.99. The van der Waals surface area contributed by atoms with Crippen LogP contribution in [0.1, 0.15) is 19.8 Å². The van der Waals surface area contributed by atoms with Crippen molar-refractivity contribution in [3.63, 3.8) is 0 Å². The monoisotopic (exact) mass is 340 g/mol. The van der Waals surface area contributed by atoms with Crippen LogP contribution < -0.4 is 10.1 Å². The number of rotatable bonds is 4. The Morgan fingerprint density at radius 1 is 1.32 bits per heavy atom. The number of ether oxygens (including phenoxy) is 1. The summed E-state index contributed by atoms with van der Waals surface area (Å²) in [4.78, 5) is 12.2. The van der Waals surface area contributed by atoms with E-state index in [1.807, 2.05) is 6.07 Å². The lowest BCUT2D eigenvalue weighted by molar-refractivity contribution is 0.179. The molecule has 0 aromatic carbocycles. The molecule has 22 heavy (non-hydrogen) atoms. The van der Waals surface area contributed by atoms with E-state index < -0.39 is 0 Å². The van der Waals surface area contributed by atoms with Crippen LogP contribution in [0.25, 0.3) is 11.1 Å². The van der Waals surface area contributed by atoms with Gasteiger partial charge in [0.25, 0.3) is 0 Å². The van der Waals surface area contributed by atoms with Crippen molar-refractivity contribution in [1.29, 1.82) is 0 Å². The smallest absolute Gasteiger partial charge is 0.138 e. The fourth-order valence-electron chi connectivity index (χ4n) is 2.54. The molecular weight excluding hydrogens is 323 g/mol. The maximum Gasteiger partial charge on any atom is 0.138 e. The molecule has 0 aliphatic carbocycles. The normalized spacial score (nSPS) is 18.5. The Hall–Kier alpha value is -1.43. The zero-order valence-corrected chi connectivity index (χ0v) is 13.8. The Balaban J connectivity index is 0.00000176. The van der Waals surface area contributed by atoms with Crippen LogP contribution in [0, 0.1) is 0 Å². The lowest BCUT2D eigenvalue weighted by Crippen LogP contribution is -2.36. The Morgan fingerprint density at radius 2 is 2.09 bits per heavy atom. The molecule has 7 heteroatoms. The minimum absolute atomic E-state index is 0. The largest absolute Gasteiger partial charge is 0.487 e. The average molecular weight is 341 g/mol. The van der Waals surface area contributed by atoms with Gasteiger partial charge in [0.2, 0.25) is 0 Å². The molecule has 1 saturated heterocycles. The van der Waals surface area contributed by atoms with Crippen molar-refractivity contribution < 1.29 is 4.74 Å². The van der Waals surface area contributed by atoms with Crippen LogP contribution in [0.15, 0.2) is 31.0 Å². The Morgan fingerprint density at radius 3 is 2.77 bits per heavy atom. The van der Waals surface area contributed by atoms with Gasteiger partial charge in [-0.25, -0.2) is 15.0 Å². The molecule has 1 unspecified atom stereocenters. The topological polar surface area (TPSA) is 59.9 Å². The summed E-state index contributed by atoms with van der Waals surface area (Å²) >= 11 is 6.16. The van der Waals surface area contributed by atoms with Gasteiger partial charge in [-0.15, -0.1) is 12.4 Å². The van der Waals surface area contributed by atoms with Crippen LogP contribution in [0.4, 0.5) is 0 Å². The first-order chi connectivity index (χ1) is 10.2. The van der Waals surface area contributed by atoms with E-state index in [4.69, 9.17) is 16.3 Å². The molecule has 0 spiro atoms. The van der Waals surface area contributed by atoms with Crippen molar-refractivity contribution in [2.45, 2.75) is 31.9 Å². The lowest BCUT2D eigenvalue weighted by atomic mass is 10.1. The van der Waals surface area contributed by atoms with E-state index in [1.54, 1.807) is 18.6 Å². The second kappa shape index (κ2) is 7.72. The third kappa shape index (κ3) is 3.85. The van der Waals surface area contributed by atoms with Crippen LogP contribution >= 0.6 is 24.0 Å². The van der Waals surface area contributed by atoms with Crippen molar-refractivity contribution in [3.8, 4) is 16.9 Å². The molecule has 1 aliphatic rings. The van der Waals surface area contributed by atoms with Gasteiger partial charge in [0.1, 0.15) is 23.3 Å². The predicted octanol–water partition coefficient (Wildman–Crippen LogP) is 3.13. The number of nitrogens with zero attached hydrogens (tertiary/aromatic N) is 3. The van der Waals surface area contributed by atoms with Gasteiger partial charge in [0.15, 0.2) is 0 Å². The van der Waals surface area contributed by atoms with E-state index in [2.05, 4.69) is 27.2 Å². The van der Waals surface area contributed by atoms with Gasteiger partial charge < -0.3 is 10.1 Å². The first-order valence-electron chi connectivity index (χ1n) is 7.05. The van der Waals surface area contributed by atoms with Crippen LogP contribution in [-0.2, 0) is 0 Å². The van der Waals surface area contributed by atoms with Crippen molar-refractivity contribution in [1.82, 2.24) is 20.3 Å². The molecule has 0 radical (unpaired) electrons. The fourth-order valence-corrected chi connectivity index (χ4v) is 2.76. The fraction of sp³-hybridized carbons (Fsp3) is 0.400. The summed E-state index contributed by atoms with van der Waals surface area (Å²) in [7, 11) is 0. The highest BCUT2D eigenvalue weighted by Crippen LogP contribution is 2.29. The van der Waals surface area contributed by atoms with E-state index in [1.165, 1.54) is 12.7 Å². The van der Waals surface area contributed by atoms with Gasteiger partial charge in [0, 0.05) is 29.6 Å². The summed E-state index contributed by atoms with van der Waals surface area (Å²) in [6.07, 6.45) is 8.99. The highest BCUT2D eigenvalue weighted by molar-refractivity contribution is 6.32. The highest BCUT2D eigenvalue weighted by Gasteiger charge is 2.22.